The number of nitrogens with zero attached hydrogens (tertiary/aromatic N) is 3. The van der Waals surface area contributed by atoms with Crippen LogP contribution in [0.1, 0.15) is 19.8 Å². The number of benzene rings is 1. The van der Waals surface area contributed by atoms with Crippen LogP contribution in [0.25, 0.3) is 10.9 Å². The normalized spacial score (nSPS) is 10.7. The molecule has 7 nitrogen and oxygen atoms in total. The van der Waals surface area contributed by atoms with Gasteiger partial charge in [-0.15, -0.1) is 0 Å². The molecular weight excluding hydrogens is 272 g/mol. The smallest absolute Gasteiger partial charge is 0.270 e. The summed E-state index contributed by atoms with van der Waals surface area (Å²) < 4.78 is 5.40. The summed E-state index contributed by atoms with van der Waals surface area (Å²) in [5.74, 6) is 0.610. The number of non-ortho nitro benzene ring substituents is 1. The lowest BCUT2D eigenvalue weighted by Gasteiger charge is -2.08. The summed E-state index contributed by atoms with van der Waals surface area (Å²) in [5.41, 5.74) is 0.715. The lowest BCUT2D eigenvalue weighted by Crippen LogP contribution is -2.08. The summed E-state index contributed by atoms with van der Waals surface area (Å²) in [7, 11) is 0. The zero-order chi connectivity index (χ0) is 15.1. The number of aromatic nitrogens is 2. The van der Waals surface area contributed by atoms with Gasteiger partial charge in [-0.1, -0.05) is 6.92 Å². The topological polar surface area (TPSA) is 90.2 Å². The van der Waals surface area contributed by atoms with Crippen LogP contribution in [0, 0.1) is 10.1 Å². The first-order chi connectivity index (χ1) is 10.2. The maximum absolute atomic E-state index is 10.8. The van der Waals surface area contributed by atoms with Gasteiger partial charge in [0.05, 0.1) is 10.4 Å². The first-order valence-corrected chi connectivity index (χ1v) is 6.93. The molecule has 0 aliphatic heterocycles. The number of hydrogen-bond acceptors (Lipinski definition) is 6. The molecule has 0 radical (unpaired) electrons. The van der Waals surface area contributed by atoms with E-state index in [1.54, 1.807) is 6.07 Å². The Morgan fingerprint density at radius 3 is 2.95 bits per heavy atom. The van der Waals surface area contributed by atoms with Gasteiger partial charge in [0, 0.05) is 37.3 Å². The van der Waals surface area contributed by atoms with Gasteiger partial charge < -0.3 is 10.1 Å². The van der Waals surface area contributed by atoms with Gasteiger partial charge in [-0.3, -0.25) is 10.1 Å². The Balaban J connectivity index is 2.05. The fourth-order valence-electron chi connectivity index (χ4n) is 1.93. The van der Waals surface area contributed by atoms with E-state index in [9.17, 15) is 10.1 Å². The van der Waals surface area contributed by atoms with Gasteiger partial charge in [0.15, 0.2) is 0 Å². The lowest BCUT2D eigenvalue weighted by atomic mass is 10.2. The molecule has 1 aromatic carbocycles. The second-order valence-electron chi connectivity index (χ2n) is 4.57. The largest absolute Gasteiger partial charge is 0.381 e. The van der Waals surface area contributed by atoms with E-state index in [1.807, 2.05) is 0 Å². The third-order valence-corrected chi connectivity index (χ3v) is 2.94. The third-order valence-electron chi connectivity index (χ3n) is 2.94. The Morgan fingerprint density at radius 2 is 2.19 bits per heavy atom. The molecule has 0 amide bonds. The van der Waals surface area contributed by atoms with Crippen molar-refractivity contribution in [1.29, 1.82) is 0 Å². The minimum absolute atomic E-state index is 0.0339. The van der Waals surface area contributed by atoms with Crippen LogP contribution in [0.4, 0.5) is 11.5 Å². The van der Waals surface area contributed by atoms with Gasteiger partial charge in [0.2, 0.25) is 0 Å². The van der Waals surface area contributed by atoms with E-state index < -0.39 is 4.92 Å². The second kappa shape index (κ2) is 7.49. The van der Waals surface area contributed by atoms with Crippen molar-refractivity contribution in [2.45, 2.75) is 19.8 Å². The van der Waals surface area contributed by atoms with Crippen molar-refractivity contribution in [1.82, 2.24) is 9.97 Å². The molecule has 0 atom stereocenters. The van der Waals surface area contributed by atoms with Crippen LogP contribution in [0.15, 0.2) is 24.5 Å². The van der Waals surface area contributed by atoms with E-state index in [0.717, 1.165) is 19.4 Å². The van der Waals surface area contributed by atoms with Crippen LogP contribution >= 0.6 is 0 Å². The maximum Gasteiger partial charge on any atom is 0.270 e. The van der Waals surface area contributed by atoms with Crippen LogP contribution in [-0.4, -0.2) is 34.6 Å². The van der Waals surface area contributed by atoms with Crippen LogP contribution < -0.4 is 5.32 Å². The molecule has 1 aromatic heterocycles. The highest BCUT2D eigenvalue weighted by Gasteiger charge is 2.10. The first-order valence-electron chi connectivity index (χ1n) is 6.93. The monoisotopic (exact) mass is 290 g/mol. The molecule has 0 saturated carbocycles. The number of nitrogens with one attached hydrogen (secondary N) is 1. The number of fused-ring (bicyclic) bond motifs is 1. The molecule has 21 heavy (non-hydrogen) atoms. The van der Waals surface area contributed by atoms with E-state index in [4.69, 9.17) is 4.74 Å². The second-order valence-corrected chi connectivity index (χ2v) is 4.57. The first kappa shape index (κ1) is 15.1. The van der Waals surface area contributed by atoms with Crippen LogP contribution in [-0.2, 0) is 4.74 Å². The molecule has 1 heterocycles. The molecule has 0 aliphatic rings. The van der Waals surface area contributed by atoms with E-state index in [0.29, 0.717) is 29.9 Å². The molecule has 2 aromatic rings. The number of ether oxygens (including phenoxy) is 1. The predicted molar refractivity (Wildman–Crippen MR) is 80.4 cm³/mol. The van der Waals surface area contributed by atoms with Crippen molar-refractivity contribution < 1.29 is 9.66 Å². The minimum Gasteiger partial charge on any atom is -0.381 e. The van der Waals surface area contributed by atoms with Crippen molar-refractivity contribution in [2.24, 2.45) is 0 Å². The standard InChI is InChI=1S/C14H18N4O3/c1-2-7-21-8-3-6-15-14-12-9-11(18(19)20)4-5-13(12)16-10-17-14/h4-5,9-10H,2-3,6-8H2,1H3,(H,15,16,17). The van der Waals surface area contributed by atoms with Gasteiger partial charge in [-0.25, -0.2) is 9.97 Å². The number of anilines is 1. The molecule has 7 heteroatoms. The minimum atomic E-state index is -0.422. The van der Waals surface area contributed by atoms with Crippen LogP contribution in [0.2, 0.25) is 0 Å². The Morgan fingerprint density at radius 1 is 1.33 bits per heavy atom. The van der Waals surface area contributed by atoms with E-state index in [1.165, 1.54) is 18.5 Å². The number of nitro benzene ring substituents is 1. The van der Waals surface area contributed by atoms with E-state index >= 15 is 0 Å². The fourth-order valence-corrected chi connectivity index (χ4v) is 1.93. The molecule has 0 aliphatic carbocycles. The Labute approximate surface area is 122 Å². The van der Waals surface area contributed by atoms with E-state index in [2.05, 4.69) is 22.2 Å². The van der Waals surface area contributed by atoms with Crippen molar-refractivity contribution in [3.8, 4) is 0 Å². The fraction of sp³-hybridized carbons (Fsp3) is 0.429. The summed E-state index contributed by atoms with van der Waals surface area (Å²) in [4.78, 5) is 18.7. The molecule has 0 spiro atoms. The molecule has 0 bridgehead atoms. The predicted octanol–water partition coefficient (Wildman–Crippen LogP) is 2.77. The molecular formula is C14H18N4O3. The summed E-state index contributed by atoms with van der Waals surface area (Å²) in [6, 6.07) is 4.56. The highest BCUT2D eigenvalue weighted by Crippen LogP contribution is 2.24. The van der Waals surface area contributed by atoms with Crippen molar-refractivity contribution in [2.75, 3.05) is 25.1 Å². The molecule has 1 N–H and O–H groups in total. The van der Waals surface area contributed by atoms with Gasteiger partial charge >= 0.3 is 0 Å². The van der Waals surface area contributed by atoms with Gasteiger partial charge in [-0.05, 0) is 18.9 Å². The maximum atomic E-state index is 10.8. The SMILES string of the molecule is CCCOCCCNc1ncnc2ccc([N+](=O)[O-])cc12. The Hall–Kier alpha value is -2.28. The third kappa shape index (κ3) is 4.09. The molecule has 0 unspecified atom stereocenters. The van der Waals surface area contributed by atoms with Gasteiger partial charge in [0.1, 0.15) is 12.1 Å². The van der Waals surface area contributed by atoms with E-state index in [-0.39, 0.29) is 5.69 Å². The molecule has 2 rings (SSSR count). The molecule has 0 fully saturated rings. The van der Waals surface area contributed by atoms with Crippen molar-refractivity contribution in [3.05, 3.63) is 34.6 Å². The summed E-state index contributed by atoms with van der Waals surface area (Å²) in [6.45, 7) is 4.21. The van der Waals surface area contributed by atoms with Gasteiger partial charge in [0.25, 0.3) is 5.69 Å². The molecule has 0 saturated heterocycles. The average Bonchev–Trinajstić information content (AvgIpc) is 2.50. The number of nitro groups is 1. The van der Waals surface area contributed by atoms with Crippen molar-refractivity contribution in [3.63, 3.8) is 0 Å². The summed E-state index contributed by atoms with van der Waals surface area (Å²) >= 11 is 0. The Kier molecular flexibility index (Phi) is 5.39. The average molecular weight is 290 g/mol. The quantitative estimate of drug-likeness (QED) is 0.456. The van der Waals surface area contributed by atoms with Crippen LogP contribution in [0.5, 0.6) is 0 Å². The lowest BCUT2D eigenvalue weighted by molar-refractivity contribution is -0.384. The zero-order valence-corrected chi connectivity index (χ0v) is 11.9. The number of hydrogen-bond donors (Lipinski definition) is 1. The summed E-state index contributed by atoms with van der Waals surface area (Å²) in [5, 5.41) is 14.7. The zero-order valence-electron chi connectivity index (χ0n) is 11.9. The highest BCUT2D eigenvalue weighted by molar-refractivity contribution is 5.90. The Bertz CT molecular complexity index is 618. The van der Waals surface area contributed by atoms with Crippen molar-refractivity contribution >= 4 is 22.4 Å². The van der Waals surface area contributed by atoms with Gasteiger partial charge in [-0.2, -0.15) is 0 Å². The number of rotatable bonds is 8. The molecule has 112 valence electrons. The highest BCUT2D eigenvalue weighted by atomic mass is 16.6. The summed E-state index contributed by atoms with van der Waals surface area (Å²) in [6.07, 6.45) is 3.30. The van der Waals surface area contributed by atoms with Crippen LogP contribution in [0.3, 0.4) is 0 Å².